The SMILES string of the molecule is Cc1nc(N2CCOCC2)nc(C)c1CCCNC(C)C. The molecule has 2 rings (SSSR count). The zero-order valence-corrected chi connectivity index (χ0v) is 13.8. The van der Waals surface area contributed by atoms with E-state index in [2.05, 4.69) is 37.9 Å². The molecular weight excluding hydrogens is 264 g/mol. The molecule has 1 fully saturated rings. The van der Waals surface area contributed by atoms with Gasteiger partial charge in [-0.1, -0.05) is 13.8 Å². The van der Waals surface area contributed by atoms with Gasteiger partial charge in [0.15, 0.2) is 0 Å². The van der Waals surface area contributed by atoms with Crippen molar-refractivity contribution in [3.05, 3.63) is 17.0 Å². The summed E-state index contributed by atoms with van der Waals surface area (Å²) >= 11 is 0. The number of anilines is 1. The smallest absolute Gasteiger partial charge is 0.225 e. The number of aryl methyl sites for hydroxylation is 2. The van der Waals surface area contributed by atoms with Crippen LogP contribution in [0.2, 0.25) is 0 Å². The molecule has 0 atom stereocenters. The van der Waals surface area contributed by atoms with Crippen LogP contribution in [0.15, 0.2) is 0 Å². The molecule has 1 aromatic rings. The molecule has 5 nitrogen and oxygen atoms in total. The second-order valence-electron chi connectivity index (χ2n) is 5.98. The highest BCUT2D eigenvalue weighted by Crippen LogP contribution is 2.17. The van der Waals surface area contributed by atoms with Crippen molar-refractivity contribution < 1.29 is 4.74 Å². The van der Waals surface area contributed by atoms with Crippen LogP contribution in [0, 0.1) is 13.8 Å². The molecular formula is C16H28N4O. The Hall–Kier alpha value is -1.20. The Kier molecular flexibility index (Phi) is 5.94. The lowest BCUT2D eigenvalue weighted by atomic mass is 10.1. The minimum atomic E-state index is 0.548. The fourth-order valence-corrected chi connectivity index (χ4v) is 2.64. The molecule has 0 spiro atoms. The predicted molar refractivity (Wildman–Crippen MR) is 86.0 cm³/mol. The van der Waals surface area contributed by atoms with E-state index in [1.807, 2.05) is 0 Å². The van der Waals surface area contributed by atoms with Crippen molar-refractivity contribution in [1.29, 1.82) is 0 Å². The summed E-state index contributed by atoms with van der Waals surface area (Å²) in [5, 5.41) is 3.45. The topological polar surface area (TPSA) is 50.3 Å². The number of nitrogens with zero attached hydrogens (tertiary/aromatic N) is 3. The highest BCUT2D eigenvalue weighted by molar-refractivity contribution is 5.37. The number of aromatic nitrogens is 2. The molecule has 0 unspecified atom stereocenters. The largest absolute Gasteiger partial charge is 0.378 e. The quantitative estimate of drug-likeness (QED) is 0.811. The monoisotopic (exact) mass is 292 g/mol. The Morgan fingerprint density at radius 3 is 2.33 bits per heavy atom. The fourth-order valence-electron chi connectivity index (χ4n) is 2.64. The van der Waals surface area contributed by atoms with Gasteiger partial charge in [0.05, 0.1) is 13.2 Å². The molecule has 0 aliphatic carbocycles. The molecule has 0 bridgehead atoms. The molecule has 2 heterocycles. The molecule has 1 aliphatic rings. The molecule has 118 valence electrons. The molecule has 1 saturated heterocycles. The molecule has 0 amide bonds. The maximum Gasteiger partial charge on any atom is 0.225 e. The van der Waals surface area contributed by atoms with Crippen molar-refractivity contribution in [3.63, 3.8) is 0 Å². The molecule has 0 aromatic carbocycles. The van der Waals surface area contributed by atoms with E-state index in [0.29, 0.717) is 6.04 Å². The van der Waals surface area contributed by atoms with E-state index in [9.17, 15) is 0 Å². The zero-order chi connectivity index (χ0) is 15.2. The summed E-state index contributed by atoms with van der Waals surface area (Å²) in [7, 11) is 0. The normalized spacial score (nSPS) is 15.8. The summed E-state index contributed by atoms with van der Waals surface area (Å²) in [6.45, 7) is 12.9. The van der Waals surface area contributed by atoms with Gasteiger partial charge in [-0.05, 0) is 38.8 Å². The number of nitrogens with one attached hydrogen (secondary N) is 1. The van der Waals surface area contributed by atoms with E-state index in [0.717, 1.165) is 63.0 Å². The number of hydrogen-bond donors (Lipinski definition) is 1. The number of ether oxygens (including phenoxy) is 1. The minimum Gasteiger partial charge on any atom is -0.378 e. The molecule has 0 saturated carbocycles. The van der Waals surface area contributed by atoms with E-state index < -0.39 is 0 Å². The van der Waals surface area contributed by atoms with E-state index in [4.69, 9.17) is 14.7 Å². The second-order valence-corrected chi connectivity index (χ2v) is 5.98. The lowest BCUT2D eigenvalue weighted by molar-refractivity contribution is 0.122. The van der Waals surface area contributed by atoms with Gasteiger partial charge in [-0.15, -0.1) is 0 Å². The van der Waals surface area contributed by atoms with Gasteiger partial charge in [0, 0.05) is 30.5 Å². The van der Waals surface area contributed by atoms with Crippen molar-refractivity contribution in [2.75, 3.05) is 37.7 Å². The van der Waals surface area contributed by atoms with Crippen LogP contribution in [0.1, 0.15) is 37.2 Å². The van der Waals surface area contributed by atoms with Crippen molar-refractivity contribution in [1.82, 2.24) is 15.3 Å². The van der Waals surface area contributed by atoms with E-state index in [1.165, 1.54) is 5.56 Å². The molecule has 21 heavy (non-hydrogen) atoms. The average Bonchev–Trinajstić information content (AvgIpc) is 2.46. The Labute approximate surface area is 128 Å². The van der Waals surface area contributed by atoms with Crippen LogP contribution in [0.3, 0.4) is 0 Å². The number of rotatable bonds is 6. The first-order chi connectivity index (χ1) is 10.1. The van der Waals surface area contributed by atoms with Gasteiger partial charge in [0.1, 0.15) is 0 Å². The van der Waals surface area contributed by atoms with E-state index >= 15 is 0 Å². The lowest BCUT2D eigenvalue weighted by Crippen LogP contribution is -2.37. The van der Waals surface area contributed by atoms with Gasteiger partial charge in [-0.3, -0.25) is 0 Å². The summed E-state index contributed by atoms with van der Waals surface area (Å²) in [5.74, 6) is 0.859. The molecule has 1 aliphatic heterocycles. The van der Waals surface area contributed by atoms with Gasteiger partial charge in [-0.25, -0.2) is 9.97 Å². The summed E-state index contributed by atoms with van der Waals surface area (Å²) < 4.78 is 5.39. The van der Waals surface area contributed by atoms with E-state index in [-0.39, 0.29) is 0 Å². The number of hydrogen-bond acceptors (Lipinski definition) is 5. The maximum atomic E-state index is 5.39. The summed E-state index contributed by atoms with van der Waals surface area (Å²) in [4.78, 5) is 11.6. The van der Waals surface area contributed by atoms with Crippen molar-refractivity contribution in [2.45, 2.75) is 46.6 Å². The van der Waals surface area contributed by atoms with Crippen LogP contribution < -0.4 is 10.2 Å². The van der Waals surface area contributed by atoms with Gasteiger partial charge in [-0.2, -0.15) is 0 Å². The zero-order valence-electron chi connectivity index (χ0n) is 13.8. The summed E-state index contributed by atoms with van der Waals surface area (Å²) in [6, 6.07) is 0.548. The third kappa shape index (κ3) is 4.64. The average molecular weight is 292 g/mol. The Morgan fingerprint density at radius 1 is 1.14 bits per heavy atom. The van der Waals surface area contributed by atoms with Crippen molar-refractivity contribution >= 4 is 5.95 Å². The van der Waals surface area contributed by atoms with Gasteiger partial charge in [0.2, 0.25) is 5.95 Å². The Balaban J connectivity index is 1.99. The molecule has 0 radical (unpaired) electrons. The van der Waals surface area contributed by atoms with E-state index in [1.54, 1.807) is 0 Å². The van der Waals surface area contributed by atoms with Crippen LogP contribution in [-0.4, -0.2) is 48.9 Å². The van der Waals surface area contributed by atoms with Crippen molar-refractivity contribution in [3.8, 4) is 0 Å². The Bertz CT molecular complexity index is 433. The summed E-state index contributed by atoms with van der Waals surface area (Å²) in [5.41, 5.74) is 3.54. The maximum absolute atomic E-state index is 5.39. The fraction of sp³-hybridized carbons (Fsp3) is 0.750. The first kappa shape index (κ1) is 16.2. The molecule has 5 heteroatoms. The third-order valence-corrected chi connectivity index (χ3v) is 3.86. The highest BCUT2D eigenvalue weighted by atomic mass is 16.5. The first-order valence-electron chi connectivity index (χ1n) is 7.98. The third-order valence-electron chi connectivity index (χ3n) is 3.86. The van der Waals surface area contributed by atoms with Crippen LogP contribution >= 0.6 is 0 Å². The van der Waals surface area contributed by atoms with Crippen LogP contribution in [0.4, 0.5) is 5.95 Å². The van der Waals surface area contributed by atoms with Crippen molar-refractivity contribution in [2.24, 2.45) is 0 Å². The number of morpholine rings is 1. The summed E-state index contributed by atoms with van der Waals surface area (Å²) in [6.07, 6.45) is 2.17. The lowest BCUT2D eigenvalue weighted by Gasteiger charge is -2.27. The standard InChI is InChI=1S/C16H28N4O/c1-12(2)17-7-5-6-15-13(3)18-16(19-14(15)4)20-8-10-21-11-9-20/h12,17H,5-11H2,1-4H3. The van der Waals surface area contributed by atoms with Gasteiger partial charge < -0.3 is 15.0 Å². The van der Waals surface area contributed by atoms with Gasteiger partial charge in [0.25, 0.3) is 0 Å². The second kappa shape index (κ2) is 7.71. The van der Waals surface area contributed by atoms with Crippen LogP contribution in [-0.2, 0) is 11.2 Å². The van der Waals surface area contributed by atoms with Crippen LogP contribution in [0.25, 0.3) is 0 Å². The Morgan fingerprint density at radius 2 is 1.76 bits per heavy atom. The highest BCUT2D eigenvalue weighted by Gasteiger charge is 2.16. The first-order valence-corrected chi connectivity index (χ1v) is 7.98. The van der Waals surface area contributed by atoms with Crippen LogP contribution in [0.5, 0.6) is 0 Å². The van der Waals surface area contributed by atoms with Gasteiger partial charge >= 0.3 is 0 Å². The minimum absolute atomic E-state index is 0.548. The predicted octanol–water partition coefficient (Wildman–Crippen LogP) is 1.86. The molecule has 1 aromatic heterocycles. The molecule has 1 N–H and O–H groups in total.